The molecule has 0 spiro atoms. The lowest BCUT2D eigenvalue weighted by atomic mass is 10.1. The standard InChI is InChI=1S/C25H28N4O2/c1-31-20-12-10-18(11-13-20)23-26-22-9-5-4-8-21(22)24(27-23)28-14-16-29(17-15-28)25(30)19-6-2-3-7-19/h4-5,8-13,19H,2-3,6-7,14-17H2,1H3. The Morgan fingerprint density at radius 2 is 1.65 bits per heavy atom. The van der Waals surface area contributed by atoms with Gasteiger partial charge in [-0.3, -0.25) is 4.79 Å². The first-order valence-electron chi connectivity index (χ1n) is 11.2. The van der Waals surface area contributed by atoms with Gasteiger partial charge in [-0.05, 0) is 49.2 Å². The first-order chi connectivity index (χ1) is 15.2. The Kier molecular flexibility index (Phi) is 5.45. The van der Waals surface area contributed by atoms with Gasteiger partial charge in [-0.25, -0.2) is 9.97 Å². The maximum absolute atomic E-state index is 12.8. The van der Waals surface area contributed by atoms with Crippen LogP contribution in [-0.4, -0.2) is 54.1 Å². The van der Waals surface area contributed by atoms with Crippen molar-refractivity contribution in [2.75, 3.05) is 38.2 Å². The maximum atomic E-state index is 12.8. The number of carbonyl (C=O) groups is 1. The lowest BCUT2D eigenvalue weighted by molar-refractivity contribution is -0.135. The first-order valence-corrected chi connectivity index (χ1v) is 11.2. The molecule has 5 rings (SSSR count). The molecule has 1 saturated heterocycles. The van der Waals surface area contributed by atoms with Gasteiger partial charge in [0.25, 0.3) is 0 Å². The Balaban J connectivity index is 1.41. The molecule has 2 heterocycles. The average molecular weight is 417 g/mol. The summed E-state index contributed by atoms with van der Waals surface area (Å²) in [5.74, 6) is 3.06. The topological polar surface area (TPSA) is 58.6 Å². The molecule has 160 valence electrons. The summed E-state index contributed by atoms with van der Waals surface area (Å²) < 4.78 is 5.28. The molecule has 1 aliphatic carbocycles. The molecule has 2 aliphatic rings. The van der Waals surface area contributed by atoms with Crippen LogP contribution < -0.4 is 9.64 Å². The zero-order valence-electron chi connectivity index (χ0n) is 18.0. The molecule has 0 bridgehead atoms. The van der Waals surface area contributed by atoms with Gasteiger partial charge in [0, 0.05) is 43.0 Å². The van der Waals surface area contributed by atoms with E-state index in [1.807, 2.05) is 42.5 Å². The third-order valence-electron chi connectivity index (χ3n) is 6.53. The maximum Gasteiger partial charge on any atom is 0.225 e. The molecule has 0 unspecified atom stereocenters. The van der Waals surface area contributed by atoms with E-state index in [0.29, 0.717) is 11.7 Å². The SMILES string of the molecule is COc1ccc(-c2nc(N3CCN(C(=O)C4CCCC4)CC3)c3ccccc3n2)cc1. The number of para-hydroxylation sites is 1. The quantitative estimate of drug-likeness (QED) is 0.640. The third kappa shape index (κ3) is 3.94. The second-order valence-electron chi connectivity index (χ2n) is 8.41. The summed E-state index contributed by atoms with van der Waals surface area (Å²) >= 11 is 0. The van der Waals surface area contributed by atoms with Gasteiger partial charge < -0.3 is 14.5 Å². The number of carbonyl (C=O) groups excluding carboxylic acids is 1. The van der Waals surface area contributed by atoms with Crippen LogP contribution in [0.2, 0.25) is 0 Å². The summed E-state index contributed by atoms with van der Waals surface area (Å²) in [6.07, 6.45) is 4.50. The Morgan fingerprint density at radius 1 is 0.935 bits per heavy atom. The molecule has 1 aromatic heterocycles. The van der Waals surface area contributed by atoms with Crippen LogP contribution in [0.15, 0.2) is 48.5 Å². The Labute approximate surface area is 182 Å². The summed E-state index contributed by atoms with van der Waals surface area (Å²) in [4.78, 5) is 27.0. The Hall–Kier alpha value is -3.15. The second kappa shape index (κ2) is 8.53. The van der Waals surface area contributed by atoms with Crippen LogP contribution in [-0.2, 0) is 4.79 Å². The van der Waals surface area contributed by atoms with Crippen LogP contribution >= 0.6 is 0 Å². The minimum Gasteiger partial charge on any atom is -0.497 e. The van der Waals surface area contributed by atoms with Gasteiger partial charge >= 0.3 is 0 Å². The summed E-state index contributed by atoms with van der Waals surface area (Å²) in [5.41, 5.74) is 1.89. The summed E-state index contributed by atoms with van der Waals surface area (Å²) in [5, 5.41) is 1.05. The lowest BCUT2D eigenvalue weighted by Crippen LogP contribution is -2.50. The van der Waals surface area contributed by atoms with Gasteiger partial charge in [0.05, 0.1) is 12.6 Å². The number of piperazine rings is 1. The number of benzene rings is 2. The van der Waals surface area contributed by atoms with E-state index in [4.69, 9.17) is 14.7 Å². The van der Waals surface area contributed by atoms with Crippen LogP contribution in [0.25, 0.3) is 22.3 Å². The Morgan fingerprint density at radius 3 is 2.35 bits per heavy atom. The number of aromatic nitrogens is 2. The predicted molar refractivity (Wildman–Crippen MR) is 122 cm³/mol. The van der Waals surface area contributed by atoms with Crippen molar-refractivity contribution < 1.29 is 9.53 Å². The van der Waals surface area contributed by atoms with E-state index in [1.165, 1.54) is 12.8 Å². The van der Waals surface area contributed by atoms with Crippen LogP contribution in [0, 0.1) is 5.92 Å². The van der Waals surface area contributed by atoms with E-state index >= 15 is 0 Å². The minimum absolute atomic E-state index is 0.244. The van der Waals surface area contributed by atoms with Crippen LogP contribution in [0.1, 0.15) is 25.7 Å². The van der Waals surface area contributed by atoms with E-state index < -0.39 is 0 Å². The molecule has 3 aromatic rings. The van der Waals surface area contributed by atoms with Crippen LogP contribution in [0.3, 0.4) is 0 Å². The number of amides is 1. The van der Waals surface area contributed by atoms with Gasteiger partial charge in [0.1, 0.15) is 11.6 Å². The van der Waals surface area contributed by atoms with Gasteiger partial charge in [0.2, 0.25) is 5.91 Å². The molecule has 1 saturated carbocycles. The zero-order valence-corrected chi connectivity index (χ0v) is 18.0. The summed E-state index contributed by atoms with van der Waals surface area (Å²) in [7, 11) is 1.66. The average Bonchev–Trinajstić information content (AvgIpc) is 3.38. The molecule has 31 heavy (non-hydrogen) atoms. The van der Waals surface area contributed by atoms with Crippen molar-refractivity contribution in [3.05, 3.63) is 48.5 Å². The lowest BCUT2D eigenvalue weighted by Gasteiger charge is -2.37. The molecule has 0 atom stereocenters. The fourth-order valence-electron chi connectivity index (χ4n) is 4.74. The highest BCUT2D eigenvalue weighted by Gasteiger charge is 2.30. The van der Waals surface area contributed by atoms with Gasteiger partial charge in [-0.15, -0.1) is 0 Å². The van der Waals surface area contributed by atoms with Crippen molar-refractivity contribution in [2.24, 2.45) is 5.92 Å². The number of nitrogens with zero attached hydrogens (tertiary/aromatic N) is 4. The number of anilines is 1. The number of hydrogen-bond acceptors (Lipinski definition) is 5. The van der Waals surface area contributed by atoms with Crippen molar-refractivity contribution in [3.8, 4) is 17.1 Å². The highest BCUT2D eigenvalue weighted by Crippen LogP contribution is 2.30. The van der Waals surface area contributed by atoms with E-state index in [0.717, 1.165) is 67.1 Å². The highest BCUT2D eigenvalue weighted by atomic mass is 16.5. The Bertz CT molecular complexity index is 1070. The van der Waals surface area contributed by atoms with Gasteiger partial charge in [0.15, 0.2) is 5.82 Å². The van der Waals surface area contributed by atoms with E-state index in [-0.39, 0.29) is 5.92 Å². The number of ether oxygens (including phenoxy) is 1. The smallest absolute Gasteiger partial charge is 0.225 e. The second-order valence-corrected chi connectivity index (χ2v) is 8.41. The molecule has 1 amide bonds. The van der Waals surface area contributed by atoms with Crippen molar-refractivity contribution >= 4 is 22.6 Å². The molecule has 2 fully saturated rings. The molecule has 6 heteroatoms. The van der Waals surface area contributed by atoms with Gasteiger partial charge in [-0.2, -0.15) is 0 Å². The predicted octanol–water partition coefficient (Wildman–Crippen LogP) is 4.14. The largest absolute Gasteiger partial charge is 0.497 e. The molecular formula is C25H28N4O2. The molecule has 6 nitrogen and oxygen atoms in total. The zero-order chi connectivity index (χ0) is 21.2. The van der Waals surface area contributed by atoms with E-state index in [1.54, 1.807) is 7.11 Å². The molecule has 1 aliphatic heterocycles. The van der Waals surface area contributed by atoms with Crippen LogP contribution in [0.5, 0.6) is 5.75 Å². The van der Waals surface area contributed by atoms with Gasteiger partial charge in [-0.1, -0.05) is 25.0 Å². The fourth-order valence-corrected chi connectivity index (χ4v) is 4.74. The van der Waals surface area contributed by atoms with E-state index in [2.05, 4.69) is 15.9 Å². The van der Waals surface area contributed by atoms with Crippen molar-refractivity contribution in [1.29, 1.82) is 0 Å². The first kappa shape index (κ1) is 19.8. The highest BCUT2D eigenvalue weighted by molar-refractivity contribution is 5.91. The number of hydrogen-bond donors (Lipinski definition) is 0. The number of methoxy groups -OCH3 is 1. The molecular weight excluding hydrogens is 388 g/mol. The number of fused-ring (bicyclic) bond motifs is 1. The monoisotopic (exact) mass is 416 g/mol. The summed E-state index contributed by atoms with van der Waals surface area (Å²) in [6.45, 7) is 3.10. The fraction of sp³-hybridized carbons (Fsp3) is 0.400. The van der Waals surface area contributed by atoms with Crippen LogP contribution in [0.4, 0.5) is 5.82 Å². The summed E-state index contributed by atoms with van der Waals surface area (Å²) in [6, 6.07) is 16.0. The molecule has 0 N–H and O–H groups in total. The van der Waals surface area contributed by atoms with Crippen molar-refractivity contribution in [1.82, 2.24) is 14.9 Å². The third-order valence-corrected chi connectivity index (χ3v) is 6.53. The van der Waals surface area contributed by atoms with E-state index in [9.17, 15) is 4.79 Å². The van der Waals surface area contributed by atoms with Crippen molar-refractivity contribution in [3.63, 3.8) is 0 Å². The molecule has 0 radical (unpaired) electrons. The van der Waals surface area contributed by atoms with Crippen molar-refractivity contribution in [2.45, 2.75) is 25.7 Å². The normalized spacial score (nSPS) is 17.3. The number of rotatable bonds is 4. The minimum atomic E-state index is 0.244. The molecule has 2 aromatic carbocycles.